The largest absolute Gasteiger partial charge is 0.497 e. The number of nitrogens with one attached hydrogen (secondary N) is 2. The lowest BCUT2D eigenvalue weighted by Gasteiger charge is -2.38. The van der Waals surface area contributed by atoms with Gasteiger partial charge < -0.3 is 19.5 Å². The lowest BCUT2D eigenvalue weighted by molar-refractivity contribution is 0.0487. The third kappa shape index (κ3) is 6.94. The van der Waals surface area contributed by atoms with Crippen molar-refractivity contribution in [1.29, 1.82) is 0 Å². The second kappa shape index (κ2) is 13.6. The summed E-state index contributed by atoms with van der Waals surface area (Å²) in [5.41, 5.74) is 6.91. The Labute approximate surface area is 269 Å². The fourth-order valence-electron chi connectivity index (χ4n) is 4.99. The number of hydrazine groups is 1. The van der Waals surface area contributed by atoms with Crippen LogP contribution in [0.2, 0.25) is 0 Å². The molecular weight excluding hydrogens is 634 g/mol. The SMILES string of the molecule is COc1cccc(COc2ccccc2[C@H]2Nc3ccc(Br)cc3C(=O)N2NC(=O)c2ccc(OCc3ccccc3)cc2)c1. The summed E-state index contributed by atoms with van der Waals surface area (Å²) in [6.07, 6.45) is -0.759. The highest BCUT2D eigenvalue weighted by molar-refractivity contribution is 9.10. The molecule has 0 aliphatic carbocycles. The van der Waals surface area contributed by atoms with Gasteiger partial charge in [0.2, 0.25) is 0 Å². The molecule has 0 radical (unpaired) electrons. The Morgan fingerprint density at radius 1 is 0.800 bits per heavy atom. The van der Waals surface area contributed by atoms with E-state index in [1.807, 2.05) is 91.0 Å². The molecule has 45 heavy (non-hydrogen) atoms. The van der Waals surface area contributed by atoms with Crippen molar-refractivity contribution >= 4 is 33.4 Å². The maximum Gasteiger partial charge on any atom is 0.276 e. The van der Waals surface area contributed by atoms with Crippen LogP contribution in [0.5, 0.6) is 17.2 Å². The molecule has 0 bridgehead atoms. The van der Waals surface area contributed by atoms with Gasteiger partial charge in [0.1, 0.15) is 30.5 Å². The van der Waals surface area contributed by atoms with Crippen molar-refractivity contribution in [3.63, 3.8) is 0 Å². The monoisotopic (exact) mass is 663 g/mol. The van der Waals surface area contributed by atoms with E-state index in [-0.39, 0.29) is 12.5 Å². The predicted octanol–water partition coefficient (Wildman–Crippen LogP) is 7.53. The highest BCUT2D eigenvalue weighted by Gasteiger charge is 2.36. The lowest BCUT2D eigenvalue weighted by atomic mass is 10.0. The summed E-state index contributed by atoms with van der Waals surface area (Å²) in [5, 5.41) is 4.74. The van der Waals surface area contributed by atoms with Crippen LogP contribution >= 0.6 is 15.9 Å². The van der Waals surface area contributed by atoms with Crippen molar-refractivity contribution in [3.05, 3.63) is 154 Å². The average Bonchev–Trinajstić information content (AvgIpc) is 3.08. The Kier molecular flexibility index (Phi) is 8.98. The van der Waals surface area contributed by atoms with E-state index < -0.39 is 12.1 Å². The molecule has 0 unspecified atom stereocenters. The van der Waals surface area contributed by atoms with Crippen LogP contribution in [0.25, 0.3) is 0 Å². The molecule has 5 aromatic carbocycles. The molecule has 0 fully saturated rings. The highest BCUT2D eigenvalue weighted by Crippen LogP contribution is 2.37. The van der Waals surface area contributed by atoms with Gasteiger partial charge in [0, 0.05) is 21.3 Å². The summed E-state index contributed by atoms with van der Waals surface area (Å²) in [4.78, 5) is 27.5. The van der Waals surface area contributed by atoms with Gasteiger partial charge in [0.25, 0.3) is 11.8 Å². The lowest BCUT2D eigenvalue weighted by Crippen LogP contribution is -2.53. The zero-order valence-corrected chi connectivity index (χ0v) is 26.0. The zero-order chi connectivity index (χ0) is 31.2. The van der Waals surface area contributed by atoms with Crippen LogP contribution in [0.4, 0.5) is 5.69 Å². The molecule has 1 aliphatic rings. The van der Waals surface area contributed by atoms with Crippen LogP contribution in [0.15, 0.2) is 126 Å². The molecule has 0 saturated heterocycles. The number of nitrogens with zero attached hydrogens (tertiary/aromatic N) is 1. The van der Waals surface area contributed by atoms with Crippen molar-refractivity contribution in [1.82, 2.24) is 10.4 Å². The number of carbonyl (C=O) groups excluding carboxylic acids is 2. The Morgan fingerprint density at radius 3 is 2.33 bits per heavy atom. The van der Waals surface area contributed by atoms with Crippen molar-refractivity contribution in [2.75, 3.05) is 12.4 Å². The second-order valence-electron chi connectivity index (χ2n) is 10.3. The molecule has 0 saturated carbocycles. The van der Waals surface area contributed by atoms with Crippen LogP contribution in [-0.2, 0) is 13.2 Å². The maximum atomic E-state index is 13.9. The van der Waals surface area contributed by atoms with Crippen LogP contribution in [0, 0.1) is 0 Å². The Balaban J connectivity index is 1.24. The van der Waals surface area contributed by atoms with E-state index in [0.717, 1.165) is 21.3 Å². The molecule has 5 aromatic rings. The normalized spacial score (nSPS) is 13.8. The number of rotatable bonds is 10. The topological polar surface area (TPSA) is 89.1 Å². The molecule has 2 amide bonds. The molecule has 1 heterocycles. The van der Waals surface area contributed by atoms with Gasteiger partial charge in [-0.05, 0) is 71.8 Å². The van der Waals surface area contributed by atoms with E-state index >= 15 is 0 Å². The third-order valence-electron chi connectivity index (χ3n) is 7.31. The van der Waals surface area contributed by atoms with Crippen molar-refractivity contribution in [2.45, 2.75) is 19.4 Å². The summed E-state index contributed by atoms with van der Waals surface area (Å²) in [5.74, 6) is 1.11. The van der Waals surface area contributed by atoms with Crippen LogP contribution in [-0.4, -0.2) is 23.9 Å². The van der Waals surface area contributed by atoms with Gasteiger partial charge in [-0.15, -0.1) is 0 Å². The van der Waals surface area contributed by atoms with Gasteiger partial charge in [-0.3, -0.25) is 15.0 Å². The van der Waals surface area contributed by atoms with E-state index in [4.69, 9.17) is 14.2 Å². The smallest absolute Gasteiger partial charge is 0.276 e. The molecule has 6 rings (SSSR count). The quantitative estimate of drug-likeness (QED) is 0.161. The molecule has 1 atom stereocenters. The van der Waals surface area contributed by atoms with E-state index in [1.165, 1.54) is 5.01 Å². The van der Waals surface area contributed by atoms with Crippen LogP contribution in [0.3, 0.4) is 0 Å². The molecule has 9 heteroatoms. The molecule has 226 valence electrons. The van der Waals surface area contributed by atoms with Crippen molar-refractivity contribution in [3.8, 4) is 17.2 Å². The minimum absolute atomic E-state index is 0.281. The Hall–Kier alpha value is -5.28. The van der Waals surface area contributed by atoms with Gasteiger partial charge in [0.15, 0.2) is 6.17 Å². The number of para-hydroxylation sites is 1. The summed E-state index contributed by atoms with van der Waals surface area (Å²) in [7, 11) is 1.62. The standard InChI is InChI=1S/C36H30BrN3O5/c1-43-29-11-7-10-25(20-29)23-45-33-13-6-5-12-30(33)34-38-32-19-16-27(37)21-31(32)36(42)40(34)39-35(41)26-14-17-28(18-15-26)44-22-24-8-3-2-4-9-24/h2-21,34,38H,22-23H2,1H3,(H,39,41)/t34-/m0/s1. The maximum absolute atomic E-state index is 13.9. The van der Waals surface area contributed by atoms with E-state index in [1.54, 1.807) is 37.4 Å². The number of anilines is 1. The average molecular weight is 665 g/mol. The number of carbonyl (C=O) groups is 2. The van der Waals surface area contributed by atoms with Gasteiger partial charge in [-0.2, -0.15) is 0 Å². The van der Waals surface area contributed by atoms with E-state index in [0.29, 0.717) is 40.5 Å². The summed E-state index contributed by atoms with van der Waals surface area (Å²) >= 11 is 3.46. The fourth-order valence-corrected chi connectivity index (χ4v) is 5.35. The van der Waals surface area contributed by atoms with E-state index in [9.17, 15) is 9.59 Å². The Bertz CT molecular complexity index is 1810. The number of fused-ring (bicyclic) bond motifs is 1. The number of halogens is 1. The number of hydrogen-bond donors (Lipinski definition) is 2. The van der Waals surface area contributed by atoms with Crippen molar-refractivity contribution in [2.24, 2.45) is 0 Å². The summed E-state index contributed by atoms with van der Waals surface area (Å²) in [6, 6.07) is 37.1. The second-order valence-corrected chi connectivity index (χ2v) is 11.2. The predicted molar refractivity (Wildman–Crippen MR) is 175 cm³/mol. The van der Waals surface area contributed by atoms with Crippen LogP contribution in [0.1, 0.15) is 43.6 Å². The minimum atomic E-state index is -0.759. The van der Waals surface area contributed by atoms with E-state index in [2.05, 4.69) is 26.7 Å². The first-order chi connectivity index (χ1) is 22.0. The first kappa shape index (κ1) is 29.8. The number of amides is 2. The summed E-state index contributed by atoms with van der Waals surface area (Å²) < 4.78 is 18.2. The van der Waals surface area contributed by atoms with Crippen molar-refractivity contribution < 1.29 is 23.8 Å². The first-order valence-corrected chi connectivity index (χ1v) is 15.1. The number of methoxy groups -OCH3 is 1. The fraction of sp³-hybridized carbons (Fsp3) is 0.111. The Morgan fingerprint density at radius 2 is 1.53 bits per heavy atom. The molecule has 1 aliphatic heterocycles. The van der Waals surface area contributed by atoms with Gasteiger partial charge in [-0.25, -0.2) is 5.01 Å². The summed E-state index contributed by atoms with van der Waals surface area (Å²) in [6.45, 7) is 0.694. The van der Waals surface area contributed by atoms with Crippen LogP contribution < -0.4 is 25.0 Å². The zero-order valence-electron chi connectivity index (χ0n) is 24.4. The molecule has 2 N–H and O–H groups in total. The third-order valence-corrected chi connectivity index (χ3v) is 7.80. The first-order valence-electron chi connectivity index (χ1n) is 14.3. The number of hydrogen-bond acceptors (Lipinski definition) is 6. The van der Waals surface area contributed by atoms with Gasteiger partial charge in [-0.1, -0.05) is 76.6 Å². The number of benzene rings is 5. The number of ether oxygens (including phenoxy) is 3. The van der Waals surface area contributed by atoms with Gasteiger partial charge >= 0.3 is 0 Å². The molecular formula is C36H30BrN3O5. The molecule has 0 spiro atoms. The molecule has 8 nitrogen and oxygen atoms in total. The minimum Gasteiger partial charge on any atom is -0.497 e. The highest BCUT2D eigenvalue weighted by atomic mass is 79.9. The molecule has 0 aromatic heterocycles. The van der Waals surface area contributed by atoms with Gasteiger partial charge in [0.05, 0.1) is 12.7 Å².